The number of benzene rings is 2. The molecule has 19 heavy (non-hydrogen) atoms. The zero-order chi connectivity index (χ0) is 13.7. The van der Waals surface area contributed by atoms with Crippen molar-refractivity contribution in [3.63, 3.8) is 0 Å². The Labute approximate surface area is 116 Å². The summed E-state index contributed by atoms with van der Waals surface area (Å²) < 4.78 is 0. The highest BCUT2D eigenvalue weighted by molar-refractivity contribution is 5.85. The van der Waals surface area contributed by atoms with E-state index in [0.717, 1.165) is 19.6 Å². The van der Waals surface area contributed by atoms with Crippen LogP contribution >= 0.6 is 0 Å². The second kappa shape index (κ2) is 6.58. The summed E-state index contributed by atoms with van der Waals surface area (Å²) in [6.07, 6.45) is 0. The van der Waals surface area contributed by atoms with Crippen LogP contribution in [-0.2, 0) is 0 Å². The van der Waals surface area contributed by atoms with Crippen LogP contribution < -0.4 is 5.32 Å². The first-order chi connectivity index (χ1) is 9.22. The highest BCUT2D eigenvalue weighted by Gasteiger charge is 2.07. The first-order valence-corrected chi connectivity index (χ1v) is 7.20. The van der Waals surface area contributed by atoms with E-state index in [2.05, 4.69) is 73.5 Å². The zero-order valence-corrected chi connectivity index (χ0v) is 12.2. The molecule has 0 spiro atoms. The molecule has 0 heterocycles. The van der Waals surface area contributed by atoms with Crippen molar-refractivity contribution >= 4 is 16.5 Å². The summed E-state index contributed by atoms with van der Waals surface area (Å²) in [6, 6.07) is 15.5. The molecule has 0 saturated carbocycles. The Bertz CT molecular complexity index is 517. The van der Waals surface area contributed by atoms with E-state index in [0.29, 0.717) is 6.04 Å². The third kappa shape index (κ3) is 3.71. The molecule has 2 heteroatoms. The van der Waals surface area contributed by atoms with Gasteiger partial charge in [-0.2, -0.15) is 0 Å². The number of hydrogen-bond acceptors (Lipinski definition) is 2. The van der Waals surface area contributed by atoms with Crippen LogP contribution in [0.1, 0.15) is 20.8 Å². The van der Waals surface area contributed by atoms with Crippen molar-refractivity contribution in [2.24, 2.45) is 0 Å². The Hall–Kier alpha value is -1.54. The first-order valence-electron chi connectivity index (χ1n) is 7.20. The number of anilines is 1. The van der Waals surface area contributed by atoms with Crippen LogP contribution in [-0.4, -0.2) is 30.6 Å². The molecule has 2 aromatic carbocycles. The molecule has 2 rings (SSSR count). The van der Waals surface area contributed by atoms with Gasteiger partial charge in [-0.1, -0.05) is 44.2 Å². The summed E-state index contributed by atoms with van der Waals surface area (Å²) in [5.41, 5.74) is 1.21. The fourth-order valence-electron chi connectivity index (χ4n) is 2.48. The van der Waals surface area contributed by atoms with E-state index in [9.17, 15) is 0 Å². The summed E-state index contributed by atoms with van der Waals surface area (Å²) in [5.74, 6) is 0. The third-order valence-corrected chi connectivity index (χ3v) is 3.59. The molecule has 0 aliphatic rings. The van der Waals surface area contributed by atoms with Crippen molar-refractivity contribution in [3.05, 3.63) is 42.5 Å². The summed E-state index contributed by atoms with van der Waals surface area (Å²) >= 11 is 0. The van der Waals surface area contributed by atoms with Gasteiger partial charge in [-0.15, -0.1) is 0 Å². The Morgan fingerprint density at radius 3 is 2.37 bits per heavy atom. The quantitative estimate of drug-likeness (QED) is 0.841. The van der Waals surface area contributed by atoms with Crippen LogP contribution in [0.3, 0.4) is 0 Å². The van der Waals surface area contributed by atoms with Gasteiger partial charge < -0.3 is 10.2 Å². The van der Waals surface area contributed by atoms with E-state index in [1.807, 2.05) is 0 Å². The lowest BCUT2D eigenvalue weighted by Gasteiger charge is -2.24. The molecule has 0 bridgehead atoms. The predicted molar refractivity (Wildman–Crippen MR) is 84.8 cm³/mol. The van der Waals surface area contributed by atoms with Crippen LogP contribution in [0.25, 0.3) is 10.8 Å². The molecule has 0 aromatic heterocycles. The maximum atomic E-state index is 3.59. The van der Waals surface area contributed by atoms with E-state index in [4.69, 9.17) is 0 Å². The van der Waals surface area contributed by atoms with Gasteiger partial charge in [0, 0.05) is 18.3 Å². The molecule has 1 unspecified atom stereocenters. The molecule has 0 saturated heterocycles. The van der Waals surface area contributed by atoms with Gasteiger partial charge in [0.2, 0.25) is 0 Å². The number of nitrogens with one attached hydrogen (secondary N) is 1. The van der Waals surface area contributed by atoms with Crippen LogP contribution in [0, 0.1) is 0 Å². The van der Waals surface area contributed by atoms with Crippen molar-refractivity contribution in [3.8, 4) is 0 Å². The van der Waals surface area contributed by atoms with Crippen LogP contribution in [0.15, 0.2) is 42.5 Å². The average Bonchev–Trinajstić information content (AvgIpc) is 2.44. The SMILES string of the molecule is CCN(CC)CC(C)Nc1ccc2ccccc2c1. The van der Waals surface area contributed by atoms with Crippen molar-refractivity contribution in [2.45, 2.75) is 26.8 Å². The highest BCUT2D eigenvalue weighted by Crippen LogP contribution is 2.19. The predicted octanol–water partition coefficient (Wildman–Crippen LogP) is 3.98. The lowest BCUT2D eigenvalue weighted by Crippen LogP contribution is -2.34. The summed E-state index contributed by atoms with van der Waals surface area (Å²) in [4.78, 5) is 2.44. The summed E-state index contributed by atoms with van der Waals surface area (Å²) in [7, 11) is 0. The monoisotopic (exact) mass is 256 g/mol. The van der Waals surface area contributed by atoms with E-state index in [1.54, 1.807) is 0 Å². The average molecular weight is 256 g/mol. The minimum absolute atomic E-state index is 0.459. The molecule has 0 aliphatic carbocycles. The minimum atomic E-state index is 0.459. The Morgan fingerprint density at radius 2 is 1.68 bits per heavy atom. The van der Waals surface area contributed by atoms with Gasteiger partial charge in [0.25, 0.3) is 0 Å². The van der Waals surface area contributed by atoms with Gasteiger partial charge in [-0.3, -0.25) is 0 Å². The number of nitrogens with zero attached hydrogens (tertiary/aromatic N) is 1. The van der Waals surface area contributed by atoms with Gasteiger partial charge >= 0.3 is 0 Å². The Kier molecular flexibility index (Phi) is 4.80. The van der Waals surface area contributed by atoms with Crippen LogP contribution in [0.2, 0.25) is 0 Å². The summed E-state index contributed by atoms with van der Waals surface area (Å²) in [6.45, 7) is 9.98. The van der Waals surface area contributed by atoms with Gasteiger partial charge in [0.15, 0.2) is 0 Å². The molecule has 0 radical (unpaired) electrons. The molecule has 0 amide bonds. The Morgan fingerprint density at radius 1 is 1.00 bits per heavy atom. The first kappa shape index (κ1) is 13.9. The second-order valence-electron chi connectivity index (χ2n) is 5.09. The van der Waals surface area contributed by atoms with Gasteiger partial charge in [0.1, 0.15) is 0 Å². The number of likely N-dealkylation sites (N-methyl/N-ethyl adjacent to an activating group) is 1. The van der Waals surface area contributed by atoms with Crippen molar-refractivity contribution in [2.75, 3.05) is 25.0 Å². The third-order valence-electron chi connectivity index (χ3n) is 3.59. The van der Waals surface area contributed by atoms with Crippen molar-refractivity contribution in [1.82, 2.24) is 4.90 Å². The fraction of sp³-hybridized carbons (Fsp3) is 0.412. The topological polar surface area (TPSA) is 15.3 Å². The molecule has 0 fully saturated rings. The van der Waals surface area contributed by atoms with Crippen LogP contribution in [0.4, 0.5) is 5.69 Å². The number of hydrogen-bond donors (Lipinski definition) is 1. The minimum Gasteiger partial charge on any atom is -0.381 e. The lowest BCUT2D eigenvalue weighted by molar-refractivity contribution is 0.295. The number of fused-ring (bicyclic) bond motifs is 1. The van der Waals surface area contributed by atoms with E-state index >= 15 is 0 Å². The van der Waals surface area contributed by atoms with Crippen molar-refractivity contribution in [1.29, 1.82) is 0 Å². The highest BCUT2D eigenvalue weighted by atomic mass is 15.1. The van der Waals surface area contributed by atoms with Crippen molar-refractivity contribution < 1.29 is 0 Å². The van der Waals surface area contributed by atoms with E-state index < -0.39 is 0 Å². The zero-order valence-electron chi connectivity index (χ0n) is 12.2. The fourth-order valence-corrected chi connectivity index (χ4v) is 2.48. The van der Waals surface area contributed by atoms with Gasteiger partial charge in [0.05, 0.1) is 0 Å². The molecule has 2 nitrogen and oxygen atoms in total. The van der Waals surface area contributed by atoms with E-state index in [1.165, 1.54) is 16.5 Å². The molecule has 1 N–H and O–H groups in total. The van der Waals surface area contributed by atoms with Gasteiger partial charge in [-0.25, -0.2) is 0 Å². The maximum absolute atomic E-state index is 3.59. The molecule has 2 aromatic rings. The Balaban J connectivity index is 2.04. The molecular formula is C17H24N2. The maximum Gasteiger partial charge on any atom is 0.0360 e. The van der Waals surface area contributed by atoms with Gasteiger partial charge in [-0.05, 0) is 42.9 Å². The molecule has 0 aliphatic heterocycles. The normalized spacial score (nSPS) is 12.8. The molecular weight excluding hydrogens is 232 g/mol. The summed E-state index contributed by atoms with van der Waals surface area (Å²) in [5, 5.41) is 6.18. The van der Waals surface area contributed by atoms with E-state index in [-0.39, 0.29) is 0 Å². The lowest BCUT2D eigenvalue weighted by atomic mass is 10.1. The standard InChI is InChI=1S/C17H24N2/c1-4-19(5-2)13-14(3)18-17-11-10-15-8-6-7-9-16(15)12-17/h6-12,14,18H,4-5,13H2,1-3H3. The largest absolute Gasteiger partial charge is 0.381 e. The number of rotatable bonds is 6. The molecule has 1 atom stereocenters. The smallest absolute Gasteiger partial charge is 0.0360 e. The second-order valence-corrected chi connectivity index (χ2v) is 5.09. The van der Waals surface area contributed by atoms with Crippen LogP contribution in [0.5, 0.6) is 0 Å². The molecule has 102 valence electrons.